The molecule has 1 unspecified atom stereocenters. The van der Waals surface area contributed by atoms with Gasteiger partial charge in [-0.2, -0.15) is 0 Å². The van der Waals surface area contributed by atoms with E-state index in [4.69, 9.17) is 22.2 Å². The Bertz CT molecular complexity index is 530. The first-order chi connectivity index (χ1) is 9.17. The summed E-state index contributed by atoms with van der Waals surface area (Å²) in [5.41, 5.74) is 3.57. The fraction of sp³-hybridized carbons (Fsp3) is 0.333. The standard InChI is InChI=1S/C12H16ClN5O/c1-18-7-10(16-17-18)6-11(15-14)8-19-12-4-2-3-9(13)5-12/h2-5,7,11,15H,6,8,14H2,1H3. The lowest BCUT2D eigenvalue weighted by molar-refractivity contribution is 0.263. The molecule has 0 aliphatic carbocycles. The molecule has 6 nitrogen and oxygen atoms in total. The van der Waals surface area contributed by atoms with Gasteiger partial charge in [-0.1, -0.05) is 22.9 Å². The van der Waals surface area contributed by atoms with Crippen molar-refractivity contribution in [3.63, 3.8) is 0 Å². The number of hydrogen-bond acceptors (Lipinski definition) is 5. The third-order valence-corrected chi connectivity index (χ3v) is 2.82. The number of nitrogens with two attached hydrogens (primary N) is 1. The van der Waals surface area contributed by atoms with E-state index in [1.165, 1.54) is 0 Å². The number of rotatable bonds is 6. The number of ether oxygens (including phenoxy) is 1. The van der Waals surface area contributed by atoms with Crippen molar-refractivity contribution in [1.29, 1.82) is 0 Å². The summed E-state index contributed by atoms with van der Waals surface area (Å²) in [7, 11) is 1.82. The lowest BCUT2D eigenvalue weighted by Gasteiger charge is -2.15. The van der Waals surface area contributed by atoms with Gasteiger partial charge in [0, 0.05) is 24.7 Å². The van der Waals surface area contributed by atoms with Crippen molar-refractivity contribution in [3.05, 3.63) is 41.2 Å². The summed E-state index contributed by atoms with van der Waals surface area (Å²) >= 11 is 5.89. The molecule has 0 amide bonds. The minimum Gasteiger partial charge on any atom is -0.492 e. The fourth-order valence-electron chi connectivity index (χ4n) is 1.66. The first kappa shape index (κ1) is 13.8. The molecule has 3 N–H and O–H groups in total. The van der Waals surface area contributed by atoms with Crippen molar-refractivity contribution in [2.75, 3.05) is 6.61 Å². The van der Waals surface area contributed by atoms with Gasteiger partial charge >= 0.3 is 0 Å². The smallest absolute Gasteiger partial charge is 0.120 e. The molecule has 1 heterocycles. The lowest BCUT2D eigenvalue weighted by atomic mass is 10.2. The highest BCUT2D eigenvalue weighted by atomic mass is 35.5. The number of halogens is 1. The molecule has 0 aliphatic rings. The summed E-state index contributed by atoms with van der Waals surface area (Å²) in [6.07, 6.45) is 2.49. The van der Waals surface area contributed by atoms with Crippen LogP contribution in [0.15, 0.2) is 30.5 Å². The second-order valence-corrected chi connectivity index (χ2v) is 4.66. The van der Waals surface area contributed by atoms with E-state index in [2.05, 4.69) is 15.7 Å². The average molecular weight is 282 g/mol. The highest BCUT2D eigenvalue weighted by Crippen LogP contribution is 2.17. The quantitative estimate of drug-likeness (QED) is 0.608. The van der Waals surface area contributed by atoms with E-state index in [0.29, 0.717) is 23.8 Å². The predicted octanol–water partition coefficient (Wildman–Crippen LogP) is 0.922. The molecule has 0 saturated heterocycles. The molecule has 1 aromatic carbocycles. The summed E-state index contributed by atoms with van der Waals surface area (Å²) < 4.78 is 7.29. The Morgan fingerprint density at radius 2 is 2.37 bits per heavy atom. The van der Waals surface area contributed by atoms with Gasteiger partial charge in [0.15, 0.2) is 0 Å². The number of benzene rings is 1. The summed E-state index contributed by atoms with van der Waals surface area (Å²) in [6, 6.07) is 7.20. The first-order valence-corrected chi connectivity index (χ1v) is 6.25. The van der Waals surface area contributed by atoms with Gasteiger partial charge in [0.1, 0.15) is 12.4 Å². The van der Waals surface area contributed by atoms with Gasteiger partial charge in [0.25, 0.3) is 0 Å². The molecule has 19 heavy (non-hydrogen) atoms. The van der Waals surface area contributed by atoms with Crippen LogP contribution in [0.3, 0.4) is 0 Å². The Balaban J connectivity index is 1.89. The van der Waals surface area contributed by atoms with Crippen LogP contribution in [-0.2, 0) is 13.5 Å². The summed E-state index contributed by atoms with van der Waals surface area (Å²) in [5.74, 6) is 6.23. The normalized spacial score (nSPS) is 12.4. The van der Waals surface area contributed by atoms with Gasteiger partial charge in [-0.05, 0) is 18.2 Å². The zero-order chi connectivity index (χ0) is 13.7. The van der Waals surface area contributed by atoms with Crippen molar-refractivity contribution in [1.82, 2.24) is 20.4 Å². The maximum Gasteiger partial charge on any atom is 0.120 e. The fourth-order valence-corrected chi connectivity index (χ4v) is 1.84. The molecule has 102 valence electrons. The van der Waals surface area contributed by atoms with E-state index < -0.39 is 0 Å². The summed E-state index contributed by atoms with van der Waals surface area (Å²) in [5, 5.41) is 8.53. The van der Waals surface area contributed by atoms with Gasteiger partial charge in [-0.25, -0.2) is 0 Å². The Hall–Kier alpha value is -1.63. The second kappa shape index (κ2) is 6.51. The SMILES string of the molecule is Cn1cc(CC(COc2cccc(Cl)c2)NN)nn1. The number of nitrogens with one attached hydrogen (secondary N) is 1. The molecule has 2 rings (SSSR count). The third kappa shape index (κ3) is 4.20. The van der Waals surface area contributed by atoms with Crippen LogP contribution in [0.5, 0.6) is 5.75 Å². The van der Waals surface area contributed by atoms with E-state index >= 15 is 0 Å². The first-order valence-electron chi connectivity index (χ1n) is 5.87. The number of hydrogen-bond donors (Lipinski definition) is 2. The molecule has 1 atom stereocenters. The number of nitrogens with zero attached hydrogens (tertiary/aromatic N) is 3. The molecule has 0 aliphatic heterocycles. The molecule has 0 fully saturated rings. The molecule has 0 radical (unpaired) electrons. The third-order valence-electron chi connectivity index (χ3n) is 2.59. The highest BCUT2D eigenvalue weighted by Gasteiger charge is 2.11. The number of aryl methyl sites for hydroxylation is 1. The molecular weight excluding hydrogens is 266 g/mol. The van der Waals surface area contributed by atoms with E-state index in [1.54, 1.807) is 16.8 Å². The Labute approximate surface area is 116 Å². The van der Waals surface area contributed by atoms with Crippen LogP contribution in [0.4, 0.5) is 0 Å². The minimum absolute atomic E-state index is 0.0457. The maximum atomic E-state index is 5.89. The average Bonchev–Trinajstić information content (AvgIpc) is 2.80. The van der Waals surface area contributed by atoms with Crippen LogP contribution in [0, 0.1) is 0 Å². The van der Waals surface area contributed by atoms with Crippen LogP contribution in [0.1, 0.15) is 5.69 Å². The number of aromatic nitrogens is 3. The molecule has 7 heteroatoms. The zero-order valence-electron chi connectivity index (χ0n) is 10.6. The van der Waals surface area contributed by atoms with Crippen LogP contribution in [0.2, 0.25) is 5.02 Å². The highest BCUT2D eigenvalue weighted by molar-refractivity contribution is 6.30. The predicted molar refractivity (Wildman–Crippen MR) is 72.8 cm³/mol. The van der Waals surface area contributed by atoms with Crippen LogP contribution in [0.25, 0.3) is 0 Å². The number of hydrazine groups is 1. The van der Waals surface area contributed by atoms with Gasteiger partial charge in [-0.15, -0.1) is 5.10 Å². The largest absolute Gasteiger partial charge is 0.492 e. The van der Waals surface area contributed by atoms with Gasteiger partial charge in [0.05, 0.1) is 11.7 Å². The Morgan fingerprint density at radius 1 is 1.53 bits per heavy atom. The lowest BCUT2D eigenvalue weighted by Crippen LogP contribution is -2.41. The van der Waals surface area contributed by atoms with Crippen molar-refractivity contribution in [2.24, 2.45) is 12.9 Å². The second-order valence-electron chi connectivity index (χ2n) is 4.22. The van der Waals surface area contributed by atoms with Gasteiger partial charge < -0.3 is 4.74 Å². The zero-order valence-corrected chi connectivity index (χ0v) is 11.3. The Morgan fingerprint density at radius 3 is 3.00 bits per heavy atom. The van der Waals surface area contributed by atoms with E-state index in [1.807, 2.05) is 25.4 Å². The van der Waals surface area contributed by atoms with Crippen LogP contribution >= 0.6 is 11.6 Å². The summed E-state index contributed by atoms with van der Waals surface area (Å²) in [6.45, 7) is 0.424. The van der Waals surface area contributed by atoms with E-state index in [0.717, 1.165) is 5.69 Å². The molecule has 2 aromatic rings. The monoisotopic (exact) mass is 281 g/mol. The Kier molecular flexibility index (Phi) is 4.73. The van der Waals surface area contributed by atoms with E-state index in [9.17, 15) is 0 Å². The molecule has 0 saturated carbocycles. The maximum absolute atomic E-state index is 5.89. The van der Waals surface area contributed by atoms with Crippen LogP contribution < -0.4 is 16.0 Å². The van der Waals surface area contributed by atoms with Crippen molar-refractivity contribution >= 4 is 11.6 Å². The molecular formula is C12H16ClN5O. The topological polar surface area (TPSA) is 78.0 Å². The minimum atomic E-state index is -0.0457. The van der Waals surface area contributed by atoms with E-state index in [-0.39, 0.29) is 6.04 Å². The molecule has 0 spiro atoms. The van der Waals surface area contributed by atoms with Crippen LogP contribution in [-0.4, -0.2) is 27.6 Å². The van der Waals surface area contributed by atoms with Crippen molar-refractivity contribution < 1.29 is 4.74 Å². The van der Waals surface area contributed by atoms with Gasteiger partial charge in [-0.3, -0.25) is 16.0 Å². The molecule has 1 aromatic heterocycles. The van der Waals surface area contributed by atoms with Crippen molar-refractivity contribution in [3.8, 4) is 5.75 Å². The molecule has 0 bridgehead atoms. The summed E-state index contributed by atoms with van der Waals surface area (Å²) in [4.78, 5) is 0. The van der Waals surface area contributed by atoms with Crippen molar-refractivity contribution in [2.45, 2.75) is 12.5 Å². The van der Waals surface area contributed by atoms with Gasteiger partial charge in [0.2, 0.25) is 0 Å².